The monoisotopic (exact) mass is 459 g/mol. The van der Waals surface area contributed by atoms with Crippen LogP contribution >= 0.6 is 34.8 Å². The predicted octanol–water partition coefficient (Wildman–Crippen LogP) is 5.05. The summed E-state index contributed by atoms with van der Waals surface area (Å²) in [6.07, 6.45) is 5.00. The number of aromatic nitrogens is 2. The van der Waals surface area contributed by atoms with E-state index in [-0.39, 0.29) is 21.7 Å². The Morgan fingerprint density at radius 2 is 1.48 bits per heavy atom. The van der Waals surface area contributed by atoms with Gasteiger partial charge in [0.1, 0.15) is 15.9 Å². The van der Waals surface area contributed by atoms with E-state index in [9.17, 15) is 9.59 Å². The van der Waals surface area contributed by atoms with Gasteiger partial charge in [0.15, 0.2) is 0 Å². The second-order valence-corrected chi connectivity index (χ2v) is 7.08. The number of nitrogens with one attached hydrogen (secondary N) is 1. The highest BCUT2D eigenvalue weighted by atomic mass is 35.5. The van der Waals surface area contributed by atoms with Crippen molar-refractivity contribution in [2.45, 2.75) is 32.7 Å². The molecule has 2 aromatic rings. The average molecular weight is 461 g/mol. The summed E-state index contributed by atoms with van der Waals surface area (Å²) in [4.78, 5) is 30.4. The first-order valence-corrected chi connectivity index (χ1v) is 10.1. The number of anilines is 1. The topological polar surface area (TPSA) is 90.4 Å². The molecule has 0 radical (unpaired) electrons. The van der Waals surface area contributed by atoms with Gasteiger partial charge in [-0.05, 0) is 38.8 Å². The number of carbonyl (C=O) groups excluding carboxylic acids is 2. The van der Waals surface area contributed by atoms with Crippen molar-refractivity contribution < 1.29 is 19.1 Å². The number of rotatable bonds is 6. The summed E-state index contributed by atoms with van der Waals surface area (Å²) in [6, 6.07) is 3.51. The highest BCUT2D eigenvalue weighted by Gasteiger charge is 2.24. The molecule has 156 valence electrons. The van der Waals surface area contributed by atoms with Gasteiger partial charge in [0, 0.05) is 18.4 Å². The molecule has 1 aliphatic carbocycles. The molecule has 1 aliphatic rings. The third-order valence-electron chi connectivity index (χ3n) is 3.62. The first-order valence-electron chi connectivity index (χ1n) is 8.93. The summed E-state index contributed by atoms with van der Waals surface area (Å²) in [6.45, 7) is 4.15. The van der Waals surface area contributed by atoms with Crippen molar-refractivity contribution in [1.82, 2.24) is 9.97 Å². The molecule has 2 heterocycles. The molecule has 10 heteroatoms. The van der Waals surface area contributed by atoms with Crippen molar-refractivity contribution in [2.24, 2.45) is 0 Å². The number of hydrogen-bond donors (Lipinski definition) is 1. The van der Waals surface area contributed by atoms with E-state index in [0.717, 1.165) is 12.8 Å². The number of halogens is 3. The first-order chi connectivity index (χ1) is 13.8. The minimum Gasteiger partial charge on any atom is -0.462 e. The van der Waals surface area contributed by atoms with Crippen molar-refractivity contribution >= 4 is 52.4 Å². The molecule has 0 bridgehead atoms. The lowest BCUT2D eigenvalue weighted by Crippen LogP contribution is -2.11. The van der Waals surface area contributed by atoms with Crippen LogP contribution in [0.2, 0.25) is 15.3 Å². The molecular weight excluding hydrogens is 441 g/mol. The normalized spacial score (nSPS) is 12.4. The molecule has 0 spiro atoms. The zero-order valence-electron chi connectivity index (χ0n) is 15.9. The van der Waals surface area contributed by atoms with Crippen LogP contribution in [0.4, 0.5) is 5.69 Å². The summed E-state index contributed by atoms with van der Waals surface area (Å²) in [5, 5.41) is 4.11. The van der Waals surface area contributed by atoms with Crippen molar-refractivity contribution in [3.63, 3.8) is 0 Å². The van der Waals surface area contributed by atoms with Crippen molar-refractivity contribution in [3.05, 3.63) is 51.0 Å². The Labute approximate surface area is 183 Å². The minimum absolute atomic E-state index is 0.230. The highest BCUT2D eigenvalue weighted by molar-refractivity contribution is 6.36. The Balaban J connectivity index is 0.000000212. The van der Waals surface area contributed by atoms with Crippen LogP contribution in [0.1, 0.15) is 47.4 Å². The van der Waals surface area contributed by atoms with Crippen molar-refractivity contribution in [3.8, 4) is 0 Å². The fraction of sp³-hybridized carbons (Fsp3) is 0.368. The van der Waals surface area contributed by atoms with Gasteiger partial charge in [0.25, 0.3) is 0 Å². The van der Waals surface area contributed by atoms with E-state index < -0.39 is 5.97 Å². The van der Waals surface area contributed by atoms with E-state index in [1.807, 2.05) is 0 Å². The number of carbonyl (C=O) groups is 2. The minimum atomic E-state index is -0.489. The Morgan fingerprint density at radius 1 is 0.966 bits per heavy atom. The zero-order chi connectivity index (χ0) is 21.4. The predicted molar refractivity (Wildman–Crippen MR) is 112 cm³/mol. The molecular formula is C19H20Cl3N3O4. The highest BCUT2D eigenvalue weighted by Crippen LogP contribution is 2.28. The first kappa shape index (κ1) is 23.2. The van der Waals surface area contributed by atoms with Crippen molar-refractivity contribution in [2.75, 3.05) is 18.5 Å². The van der Waals surface area contributed by atoms with Gasteiger partial charge in [-0.15, -0.1) is 0 Å². The maximum absolute atomic E-state index is 11.6. The third-order valence-corrected chi connectivity index (χ3v) is 4.34. The lowest BCUT2D eigenvalue weighted by atomic mass is 10.2. The van der Waals surface area contributed by atoms with Gasteiger partial charge in [0.05, 0.1) is 29.5 Å². The number of esters is 2. The van der Waals surface area contributed by atoms with Crippen LogP contribution < -0.4 is 5.32 Å². The van der Waals surface area contributed by atoms with E-state index in [0.29, 0.717) is 35.7 Å². The Bertz CT molecular complexity index is 876. The van der Waals surface area contributed by atoms with Gasteiger partial charge in [-0.1, -0.05) is 34.8 Å². The maximum atomic E-state index is 11.6. The van der Waals surface area contributed by atoms with Gasteiger partial charge in [-0.25, -0.2) is 19.6 Å². The molecule has 0 unspecified atom stereocenters. The fourth-order valence-corrected chi connectivity index (χ4v) is 2.74. The van der Waals surface area contributed by atoms with Gasteiger partial charge in [-0.2, -0.15) is 0 Å². The van der Waals surface area contributed by atoms with Crippen LogP contribution in [0, 0.1) is 0 Å². The fourth-order valence-electron chi connectivity index (χ4n) is 2.13. The quantitative estimate of drug-likeness (QED) is 0.476. The zero-order valence-corrected chi connectivity index (χ0v) is 18.1. The summed E-state index contributed by atoms with van der Waals surface area (Å²) in [7, 11) is 0. The summed E-state index contributed by atoms with van der Waals surface area (Å²) in [5.74, 6) is -0.855. The van der Waals surface area contributed by atoms with E-state index in [1.165, 1.54) is 18.5 Å². The van der Waals surface area contributed by atoms with Crippen LogP contribution in [0.5, 0.6) is 0 Å². The third kappa shape index (κ3) is 7.34. The summed E-state index contributed by atoms with van der Waals surface area (Å²) >= 11 is 17.1. The smallest absolute Gasteiger partial charge is 0.341 e. The van der Waals surface area contributed by atoms with Gasteiger partial charge >= 0.3 is 11.9 Å². The molecule has 3 rings (SSSR count). The molecule has 0 aromatic carbocycles. The van der Waals surface area contributed by atoms with E-state index in [4.69, 9.17) is 44.3 Å². The number of nitrogens with zero attached hydrogens (tertiary/aromatic N) is 2. The van der Waals surface area contributed by atoms with E-state index >= 15 is 0 Å². The molecule has 1 fully saturated rings. The molecule has 0 atom stereocenters. The molecule has 0 saturated heterocycles. The van der Waals surface area contributed by atoms with Crippen LogP contribution in [-0.2, 0) is 9.47 Å². The van der Waals surface area contributed by atoms with Gasteiger partial charge in [0.2, 0.25) is 0 Å². The molecule has 1 saturated carbocycles. The number of pyridine rings is 2. The molecule has 0 aliphatic heterocycles. The molecule has 1 N–H and O–H groups in total. The van der Waals surface area contributed by atoms with E-state index in [2.05, 4.69) is 15.3 Å². The molecule has 7 nitrogen and oxygen atoms in total. The van der Waals surface area contributed by atoms with Crippen LogP contribution in [-0.4, -0.2) is 41.2 Å². The molecule has 0 amide bonds. The van der Waals surface area contributed by atoms with Crippen LogP contribution in [0.15, 0.2) is 24.5 Å². The second-order valence-electron chi connectivity index (χ2n) is 5.90. The SMILES string of the molecule is CCOC(=O)c1cnc(Cl)cc1Cl.CCOC(=O)c1cnc(Cl)cc1NC1CC1. The number of hydrogen-bond acceptors (Lipinski definition) is 7. The lowest BCUT2D eigenvalue weighted by Gasteiger charge is -2.10. The van der Waals surface area contributed by atoms with Gasteiger partial charge in [-0.3, -0.25) is 0 Å². The lowest BCUT2D eigenvalue weighted by molar-refractivity contribution is 0.0517. The molecule has 29 heavy (non-hydrogen) atoms. The average Bonchev–Trinajstić information content (AvgIpc) is 3.46. The molecule has 2 aromatic heterocycles. The van der Waals surface area contributed by atoms with E-state index in [1.54, 1.807) is 19.9 Å². The largest absolute Gasteiger partial charge is 0.462 e. The standard InChI is InChI=1S/C11H13ClN2O2.C8H7Cl2NO2/c1-2-16-11(15)8-6-13-10(12)5-9(8)14-7-3-4-7;1-2-13-8(12)5-4-11-7(10)3-6(5)9/h5-7H,2-4H2,1H3,(H,13,14);3-4H,2H2,1H3. The van der Waals surface area contributed by atoms with Gasteiger partial charge < -0.3 is 14.8 Å². The Hall–Kier alpha value is -2.09. The van der Waals surface area contributed by atoms with Crippen molar-refractivity contribution in [1.29, 1.82) is 0 Å². The number of ether oxygens (including phenoxy) is 2. The van der Waals surface area contributed by atoms with Crippen LogP contribution in [0.3, 0.4) is 0 Å². The maximum Gasteiger partial charge on any atom is 0.341 e. The summed E-state index contributed by atoms with van der Waals surface area (Å²) in [5.41, 5.74) is 1.38. The van der Waals surface area contributed by atoms with Crippen LogP contribution in [0.25, 0.3) is 0 Å². The Kier molecular flexibility index (Phi) is 8.95. The summed E-state index contributed by atoms with van der Waals surface area (Å²) < 4.78 is 9.69. The Morgan fingerprint density at radius 3 is 2.00 bits per heavy atom. The second kappa shape index (κ2) is 11.2.